The van der Waals surface area contributed by atoms with E-state index in [1.54, 1.807) is 6.07 Å². The van der Waals surface area contributed by atoms with Gasteiger partial charge in [0.05, 0.1) is 0 Å². The zero-order chi connectivity index (χ0) is 14.4. The van der Waals surface area contributed by atoms with Gasteiger partial charge in [-0.05, 0) is 30.3 Å². The third-order valence-electron chi connectivity index (χ3n) is 2.83. The molecule has 0 aliphatic carbocycles. The van der Waals surface area contributed by atoms with Gasteiger partial charge in [-0.2, -0.15) is 0 Å². The highest BCUT2D eigenvalue weighted by Gasteiger charge is 2.13. The summed E-state index contributed by atoms with van der Waals surface area (Å²) in [6, 6.07) is 10.5. The summed E-state index contributed by atoms with van der Waals surface area (Å²) in [5.41, 5.74) is 1.72. The molecule has 0 fully saturated rings. The van der Waals surface area contributed by atoms with Crippen LogP contribution >= 0.6 is 0 Å². The molecule has 1 heterocycles. The second kappa shape index (κ2) is 6.68. The van der Waals surface area contributed by atoms with Crippen molar-refractivity contribution in [1.82, 2.24) is 10.3 Å². The number of benzene rings is 1. The summed E-state index contributed by atoms with van der Waals surface area (Å²) < 4.78 is 0. The summed E-state index contributed by atoms with van der Waals surface area (Å²) in [7, 11) is 0. The summed E-state index contributed by atoms with van der Waals surface area (Å²) >= 11 is 0. The molecule has 20 heavy (non-hydrogen) atoms. The molecule has 1 aromatic heterocycles. The Hall–Kier alpha value is -2.40. The molecule has 0 saturated carbocycles. The number of aromatic hydroxyl groups is 1. The van der Waals surface area contributed by atoms with Gasteiger partial charge < -0.3 is 15.7 Å². The zero-order valence-corrected chi connectivity index (χ0v) is 11.3. The van der Waals surface area contributed by atoms with Gasteiger partial charge in [-0.1, -0.05) is 25.1 Å². The predicted molar refractivity (Wildman–Crippen MR) is 77.7 cm³/mol. The van der Waals surface area contributed by atoms with E-state index in [4.69, 9.17) is 0 Å². The van der Waals surface area contributed by atoms with Crippen molar-refractivity contribution >= 4 is 11.6 Å². The van der Waals surface area contributed by atoms with Crippen LogP contribution in [0, 0.1) is 0 Å². The summed E-state index contributed by atoms with van der Waals surface area (Å²) in [4.78, 5) is 16.0. The van der Waals surface area contributed by atoms with E-state index in [1.807, 2.05) is 31.2 Å². The van der Waals surface area contributed by atoms with Gasteiger partial charge in [-0.15, -0.1) is 0 Å². The first-order chi connectivity index (χ1) is 9.72. The van der Waals surface area contributed by atoms with Crippen molar-refractivity contribution < 1.29 is 9.90 Å². The van der Waals surface area contributed by atoms with E-state index in [2.05, 4.69) is 15.6 Å². The number of rotatable bonds is 5. The highest BCUT2D eigenvalue weighted by atomic mass is 16.3. The van der Waals surface area contributed by atoms with Crippen LogP contribution in [-0.4, -0.2) is 22.5 Å². The molecule has 0 saturated heterocycles. The SMILES string of the molecule is CCNCc1ccccc1NC(=O)c1ncccc1O. The Kier molecular flexibility index (Phi) is 4.68. The van der Waals surface area contributed by atoms with Crippen LogP contribution in [0.1, 0.15) is 23.0 Å². The van der Waals surface area contributed by atoms with Crippen molar-refractivity contribution in [2.45, 2.75) is 13.5 Å². The molecule has 1 aromatic carbocycles. The first kappa shape index (κ1) is 14.0. The molecular formula is C15H17N3O2. The number of carbonyl (C=O) groups excluding carboxylic acids is 1. The number of anilines is 1. The number of amides is 1. The number of pyridine rings is 1. The van der Waals surface area contributed by atoms with E-state index < -0.39 is 5.91 Å². The van der Waals surface area contributed by atoms with Gasteiger partial charge in [0.25, 0.3) is 5.91 Å². The van der Waals surface area contributed by atoms with Gasteiger partial charge in [0.15, 0.2) is 5.69 Å². The molecule has 0 spiro atoms. The third-order valence-corrected chi connectivity index (χ3v) is 2.83. The Morgan fingerprint density at radius 1 is 1.25 bits per heavy atom. The van der Waals surface area contributed by atoms with Gasteiger partial charge >= 0.3 is 0 Å². The van der Waals surface area contributed by atoms with Gasteiger partial charge in [0, 0.05) is 18.4 Å². The van der Waals surface area contributed by atoms with E-state index in [0.29, 0.717) is 12.2 Å². The first-order valence-electron chi connectivity index (χ1n) is 6.46. The fourth-order valence-electron chi connectivity index (χ4n) is 1.81. The molecule has 0 radical (unpaired) electrons. The van der Waals surface area contributed by atoms with Crippen molar-refractivity contribution in [3.63, 3.8) is 0 Å². The highest BCUT2D eigenvalue weighted by molar-refractivity contribution is 6.04. The maximum absolute atomic E-state index is 12.1. The number of nitrogens with zero attached hydrogens (tertiary/aromatic N) is 1. The Balaban J connectivity index is 2.18. The molecule has 0 bridgehead atoms. The largest absolute Gasteiger partial charge is 0.505 e. The molecule has 2 rings (SSSR count). The molecule has 0 atom stereocenters. The number of hydrogen-bond donors (Lipinski definition) is 3. The van der Waals surface area contributed by atoms with Gasteiger partial charge in [0.2, 0.25) is 0 Å². The van der Waals surface area contributed by atoms with Crippen molar-refractivity contribution in [3.05, 3.63) is 53.9 Å². The lowest BCUT2D eigenvalue weighted by molar-refractivity contribution is 0.101. The van der Waals surface area contributed by atoms with Crippen molar-refractivity contribution in [3.8, 4) is 5.75 Å². The molecule has 5 heteroatoms. The Morgan fingerprint density at radius 3 is 2.80 bits per heavy atom. The average molecular weight is 271 g/mol. The topological polar surface area (TPSA) is 74.2 Å². The lowest BCUT2D eigenvalue weighted by Gasteiger charge is -2.11. The molecule has 0 aliphatic rings. The Morgan fingerprint density at radius 2 is 2.05 bits per heavy atom. The predicted octanol–water partition coefficient (Wildman–Crippen LogP) is 2.15. The lowest BCUT2D eigenvalue weighted by Crippen LogP contribution is -2.17. The number of nitrogens with one attached hydrogen (secondary N) is 2. The monoisotopic (exact) mass is 271 g/mol. The summed E-state index contributed by atoms with van der Waals surface area (Å²) in [6.07, 6.45) is 1.47. The van der Waals surface area contributed by atoms with Crippen LogP contribution < -0.4 is 10.6 Å². The Labute approximate surface area is 117 Å². The van der Waals surface area contributed by atoms with Gasteiger partial charge in [0.1, 0.15) is 5.75 Å². The standard InChI is InChI=1S/C15H17N3O2/c1-2-16-10-11-6-3-4-7-12(11)18-15(20)14-13(19)8-5-9-17-14/h3-9,16,19H,2,10H2,1H3,(H,18,20). The molecule has 0 unspecified atom stereocenters. The quantitative estimate of drug-likeness (QED) is 0.779. The van der Waals surface area contributed by atoms with Crippen LogP contribution in [-0.2, 0) is 6.54 Å². The normalized spacial score (nSPS) is 10.2. The van der Waals surface area contributed by atoms with E-state index in [1.165, 1.54) is 12.3 Å². The molecule has 5 nitrogen and oxygen atoms in total. The van der Waals surface area contributed by atoms with Crippen LogP contribution in [0.5, 0.6) is 5.75 Å². The van der Waals surface area contributed by atoms with E-state index in [0.717, 1.165) is 12.1 Å². The number of carbonyl (C=O) groups is 1. The van der Waals surface area contributed by atoms with Crippen LogP contribution in [0.15, 0.2) is 42.6 Å². The van der Waals surface area contributed by atoms with Crippen molar-refractivity contribution in [2.24, 2.45) is 0 Å². The van der Waals surface area contributed by atoms with Crippen LogP contribution in [0.25, 0.3) is 0 Å². The Bertz CT molecular complexity index is 599. The fraction of sp³-hybridized carbons (Fsp3) is 0.200. The van der Waals surface area contributed by atoms with Crippen molar-refractivity contribution in [1.29, 1.82) is 0 Å². The fourth-order valence-corrected chi connectivity index (χ4v) is 1.81. The molecule has 104 valence electrons. The number of para-hydroxylation sites is 1. The van der Waals surface area contributed by atoms with Gasteiger partial charge in [-0.3, -0.25) is 4.79 Å². The third kappa shape index (κ3) is 3.33. The first-order valence-corrected chi connectivity index (χ1v) is 6.46. The summed E-state index contributed by atoms with van der Waals surface area (Å²) in [6.45, 7) is 3.54. The minimum absolute atomic E-state index is 0.0192. The second-order valence-corrected chi connectivity index (χ2v) is 4.26. The average Bonchev–Trinajstić information content (AvgIpc) is 2.46. The molecular weight excluding hydrogens is 254 g/mol. The zero-order valence-electron chi connectivity index (χ0n) is 11.3. The number of aromatic nitrogens is 1. The molecule has 1 amide bonds. The van der Waals surface area contributed by atoms with E-state index in [-0.39, 0.29) is 11.4 Å². The molecule has 0 aliphatic heterocycles. The van der Waals surface area contributed by atoms with Crippen LogP contribution in [0.3, 0.4) is 0 Å². The van der Waals surface area contributed by atoms with Crippen molar-refractivity contribution in [2.75, 3.05) is 11.9 Å². The van der Waals surface area contributed by atoms with Gasteiger partial charge in [-0.25, -0.2) is 4.98 Å². The maximum Gasteiger partial charge on any atom is 0.278 e. The minimum atomic E-state index is -0.424. The van der Waals surface area contributed by atoms with Crippen LogP contribution in [0.2, 0.25) is 0 Å². The maximum atomic E-state index is 12.1. The summed E-state index contributed by atoms with van der Waals surface area (Å²) in [5, 5.41) is 15.6. The smallest absolute Gasteiger partial charge is 0.278 e. The second-order valence-electron chi connectivity index (χ2n) is 4.26. The van der Waals surface area contributed by atoms with E-state index >= 15 is 0 Å². The van der Waals surface area contributed by atoms with E-state index in [9.17, 15) is 9.90 Å². The number of hydrogen-bond acceptors (Lipinski definition) is 4. The lowest BCUT2D eigenvalue weighted by atomic mass is 10.1. The molecule has 3 N–H and O–H groups in total. The minimum Gasteiger partial charge on any atom is -0.505 e. The molecule has 2 aromatic rings. The summed E-state index contributed by atoms with van der Waals surface area (Å²) in [5.74, 6) is -0.554. The highest BCUT2D eigenvalue weighted by Crippen LogP contribution is 2.18. The van der Waals surface area contributed by atoms with Crippen LogP contribution in [0.4, 0.5) is 5.69 Å².